The van der Waals surface area contributed by atoms with Crippen molar-refractivity contribution in [2.75, 3.05) is 0 Å². The van der Waals surface area contributed by atoms with Gasteiger partial charge in [-0.05, 0) is 32.4 Å². The highest BCUT2D eigenvalue weighted by Gasteiger charge is 2.23. The van der Waals surface area contributed by atoms with E-state index in [0.29, 0.717) is 0 Å². The summed E-state index contributed by atoms with van der Waals surface area (Å²) in [7, 11) is 0. The highest BCUT2D eigenvalue weighted by molar-refractivity contribution is 5.76. The molecule has 0 atom stereocenters. The number of benzene rings is 1. The third-order valence-corrected chi connectivity index (χ3v) is 2.31. The summed E-state index contributed by atoms with van der Waals surface area (Å²) < 4.78 is 0. The minimum atomic E-state index is -0.0432. The molecule has 13 heavy (non-hydrogen) atoms. The van der Waals surface area contributed by atoms with E-state index in [0.717, 1.165) is 5.69 Å². The minimum Gasteiger partial charge on any atom is -0.275 e. The van der Waals surface area contributed by atoms with Gasteiger partial charge < -0.3 is 0 Å². The second-order valence-electron chi connectivity index (χ2n) is 4.11. The first-order valence-corrected chi connectivity index (χ1v) is 4.60. The van der Waals surface area contributed by atoms with Gasteiger partial charge in [-0.1, -0.05) is 24.3 Å². The van der Waals surface area contributed by atoms with E-state index in [-0.39, 0.29) is 5.54 Å². The zero-order valence-corrected chi connectivity index (χ0v) is 8.33. The van der Waals surface area contributed by atoms with Crippen LogP contribution in [0, 0.1) is 0 Å². The maximum absolute atomic E-state index is 4.65. The smallest absolute Gasteiger partial charge is 0.0744 e. The van der Waals surface area contributed by atoms with Crippen molar-refractivity contribution in [3.63, 3.8) is 0 Å². The van der Waals surface area contributed by atoms with E-state index in [4.69, 9.17) is 0 Å². The van der Waals surface area contributed by atoms with Gasteiger partial charge in [-0.25, -0.2) is 0 Å². The molecule has 1 aromatic carbocycles. The fourth-order valence-electron chi connectivity index (χ4n) is 1.85. The van der Waals surface area contributed by atoms with Gasteiger partial charge in [0.15, 0.2) is 0 Å². The lowest BCUT2D eigenvalue weighted by Gasteiger charge is -2.28. The van der Waals surface area contributed by atoms with Crippen molar-refractivity contribution in [2.24, 2.45) is 0 Å². The van der Waals surface area contributed by atoms with E-state index >= 15 is 0 Å². The molecule has 0 saturated carbocycles. The molecule has 1 nitrogen and oxygen atoms in total. The summed E-state index contributed by atoms with van der Waals surface area (Å²) in [5.74, 6) is 0. The first kappa shape index (κ1) is 8.36. The van der Waals surface area contributed by atoms with E-state index in [9.17, 15) is 0 Å². The Hall–Kier alpha value is -1.24. The molecule has 1 aliphatic rings. The van der Waals surface area contributed by atoms with Crippen LogP contribution in [0.4, 0.5) is 5.69 Å². The van der Waals surface area contributed by atoms with Crippen molar-refractivity contribution in [3.05, 3.63) is 35.9 Å². The molecule has 2 rings (SSSR count). The van der Waals surface area contributed by atoms with Gasteiger partial charge in [0, 0.05) is 5.56 Å². The van der Waals surface area contributed by atoms with Crippen LogP contribution in [0.25, 0.3) is 5.57 Å². The first-order chi connectivity index (χ1) is 6.08. The number of para-hydroxylation sites is 1. The summed E-state index contributed by atoms with van der Waals surface area (Å²) in [5, 5.41) is 4.65. The van der Waals surface area contributed by atoms with Gasteiger partial charge in [-0.3, -0.25) is 5.32 Å². The molecule has 1 aromatic rings. The fourth-order valence-corrected chi connectivity index (χ4v) is 1.85. The molecule has 0 aliphatic carbocycles. The fraction of sp³-hybridized carbons (Fsp3) is 0.333. The average molecular weight is 172 g/mol. The number of allylic oxidation sites excluding steroid dienone is 1. The van der Waals surface area contributed by atoms with E-state index in [1.807, 2.05) is 6.07 Å². The Labute approximate surface area is 79.5 Å². The van der Waals surface area contributed by atoms with Gasteiger partial charge in [-0.15, -0.1) is 0 Å². The van der Waals surface area contributed by atoms with Crippen LogP contribution in [0.1, 0.15) is 26.3 Å². The third-order valence-electron chi connectivity index (χ3n) is 2.31. The van der Waals surface area contributed by atoms with Gasteiger partial charge in [0.1, 0.15) is 0 Å². The van der Waals surface area contributed by atoms with Gasteiger partial charge >= 0.3 is 0 Å². The van der Waals surface area contributed by atoms with Crippen molar-refractivity contribution in [1.82, 2.24) is 5.32 Å². The van der Waals surface area contributed by atoms with Crippen LogP contribution in [0.3, 0.4) is 0 Å². The van der Waals surface area contributed by atoms with Gasteiger partial charge in [0.25, 0.3) is 0 Å². The summed E-state index contributed by atoms with van der Waals surface area (Å²) in [6.45, 7) is 6.41. The molecule has 0 spiro atoms. The van der Waals surface area contributed by atoms with Crippen molar-refractivity contribution in [1.29, 1.82) is 0 Å². The summed E-state index contributed by atoms with van der Waals surface area (Å²) in [6, 6.07) is 8.30. The van der Waals surface area contributed by atoms with Crippen molar-refractivity contribution in [3.8, 4) is 0 Å². The Morgan fingerprint density at radius 2 is 1.85 bits per heavy atom. The Bertz CT molecular complexity index is 361. The molecule has 0 amide bonds. The van der Waals surface area contributed by atoms with Crippen LogP contribution in [0.15, 0.2) is 30.3 Å². The molecular weight excluding hydrogens is 158 g/mol. The maximum Gasteiger partial charge on any atom is 0.0744 e. The lowest BCUT2D eigenvalue weighted by atomic mass is 9.91. The molecule has 0 aromatic heterocycles. The second kappa shape index (κ2) is 2.63. The summed E-state index contributed by atoms with van der Waals surface area (Å²) in [4.78, 5) is 0. The van der Waals surface area contributed by atoms with Gasteiger partial charge in [0.05, 0.1) is 11.2 Å². The first-order valence-electron chi connectivity index (χ1n) is 4.60. The van der Waals surface area contributed by atoms with Crippen LogP contribution >= 0.6 is 0 Å². The predicted octanol–water partition coefficient (Wildman–Crippen LogP) is 3.12. The second-order valence-corrected chi connectivity index (χ2v) is 4.11. The van der Waals surface area contributed by atoms with E-state index < -0.39 is 0 Å². The van der Waals surface area contributed by atoms with E-state index in [2.05, 4.69) is 50.4 Å². The molecule has 1 heterocycles. The average Bonchev–Trinajstić information content (AvgIpc) is 2.02. The number of nitrogens with zero attached hydrogens (tertiary/aromatic N) is 1. The Morgan fingerprint density at radius 1 is 1.15 bits per heavy atom. The molecule has 1 radical (unpaired) electrons. The molecule has 0 N–H and O–H groups in total. The lowest BCUT2D eigenvalue weighted by Crippen LogP contribution is -2.30. The molecule has 1 heteroatoms. The molecule has 0 saturated heterocycles. The zero-order chi connectivity index (χ0) is 9.47. The Morgan fingerprint density at radius 3 is 2.62 bits per heavy atom. The number of hydrogen-bond donors (Lipinski definition) is 0. The highest BCUT2D eigenvalue weighted by Crippen LogP contribution is 2.32. The maximum atomic E-state index is 4.65. The normalized spacial score (nSPS) is 18.5. The largest absolute Gasteiger partial charge is 0.275 e. The summed E-state index contributed by atoms with van der Waals surface area (Å²) in [5.41, 5.74) is 3.67. The SMILES string of the molecule is CC1=CC(C)(C)[N]c2ccccc21. The van der Waals surface area contributed by atoms with Crippen LogP contribution in [0.5, 0.6) is 0 Å². The minimum absolute atomic E-state index is 0.0432. The topological polar surface area (TPSA) is 14.1 Å². The third kappa shape index (κ3) is 1.46. The van der Waals surface area contributed by atoms with Gasteiger partial charge in [0.2, 0.25) is 0 Å². The van der Waals surface area contributed by atoms with Crippen LogP contribution in [-0.4, -0.2) is 5.54 Å². The zero-order valence-electron chi connectivity index (χ0n) is 8.33. The quantitative estimate of drug-likeness (QED) is 0.571. The van der Waals surface area contributed by atoms with E-state index in [1.54, 1.807) is 0 Å². The highest BCUT2D eigenvalue weighted by atomic mass is 15.0. The number of hydrogen-bond acceptors (Lipinski definition) is 0. The predicted molar refractivity (Wildman–Crippen MR) is 56.0 cm³/mol. The van der Waals surface area contributed by atoms with Crippen molar-refractivity contribution in [2.45, 2.75) is 26.3 Å². The number of rotatable bonds is 0. The van der Waals surface area contributed by atoms with Crippen molar-refractivity contribution < 1.29 is 0 Å². The van der Waals surface area contributed by atoms with Crippen LogP contribution < -0.4 is 5.32 Å². The molecule has 0 bridgehead atoms. The monoisotopic (exact) mass is 172 g/mol. The molecule has 0 fully saturated rings. The van der Waals surface area contributed by atoms with E-state index in [1.165, 1.54) is 11.1 Å². The molecular formula is C12H14N. The number of fused-ring (bicyclic) bond motifs is 1. The lowest BCUT2D eigenvalue weighted by molar-refractivity contribution is 0.544. The molecule has 0 unspecified atom stereocenters. The van der Waals surface area contributed by atoms with Crippen molar-refractivity contribution >= 4 is 11.3 Å². The Kier molecular flexibility index (Phi) is 1.69. The van der Waals surface area contributed by atoms with Crippen LogP contribution in [-0.2, 0) is 0 Å². The standard InChI is InChI=1S/C12H14N/c1-9-8-12(2,3)13-11-7-5-4-6-10(9)11/h4-8H,1-3H3. The molecule has 67 valence electrons. The van der Waals surface area contributed by atoms with Gasteiger partial charge in [-0.2, -0.15) is 0 Å². The van der Waals surface area contributed by atoms with Crippen LogP contribution in [0.2, 0.25) is 0 Å². The summed E-state index contributed by atoms with van der Waals surface area (Å²) >= 11 is 0. The summed E-state index contributed by atoms with van der Waals surface area (Å²) in [6.07, 6.45) is 2.22. The Balaban J connectivity index is 2.55. The molecule has 1 aliphatic heterocycles.